The molecule has 1 saturated heterocycles. The first-order valence-corrected chi connectivity index (χ1v) is 17.0. The van der Waals surface area contributed by atoms with Crippen molar-refractivity contribution in [1.82, 2.24) is 14.7 Å². The van der Waals surface area contributed by atoms with Crippen LogP contribution in [0.25, 0.3) is 0 Å². The van der Waals surface area contributed by atoms with Gasteiger partial charge in [0.05, 0.1) is 17.6 Å². The number of aromatic nitrogens is 2. The van der Waals surface area contributed by atoms with Gasteiger partial charge in [0.1, 0.15) is 24.2 Å². The van der Waals surface area contributed by atoms with Crippen molar-refractivity contribution in [3.63, 3.8) is 0 Å². The van der Waals surface area contributed by atoms with Gasteiger partial charge in [-0.25, -0.2) is 27.5 Å². The lowest BCUT2D eigenvalue weighted by atomic mass is 9.70. The molecule has 0 unspecified atom stereocenters. The lowest BCUT2D eigenvalue weighted by Crippen LogP contribution is -2.48. The fraction of sp³-hybridized carbons (Fsp3) is 0.581. The quantitative estimate of drug-likeness (QED) is 0.481. The van der Waals surface area contributed by atoms with E-state index in [9.17, 15) is 13.2 Å². The van der Waals surface area contributed by atoms with Crippen molar-refractivity contribution in [2.24, 2.45) is 11.8 Å². The van der Waals surface area contributed by atoms with Crippen LogP contribution in [0.4, 0.5) is 10.2 Å². The summed E-state index contributed by atoms with van der Waals surface area (Å²) >= 11 is 6.37. The summed E-state index contributed by atoms with van der Waals surface area (Å²) in [7, 11) is -2.67. The number of fused-ring (bicyclic) bond motifs is 4. The van der Waals surface area contributed by atoms with Crippen molar-refractivity contribution in [3.8, 4) is 5.88 Å². The first-order valence-electron chi connectivity index (χ1n) is 15.1. The number of carbonyl (C=O) groups is 1. The Labute approximate surface area is 262 Å². The molecule has 4 heterocycles. The van der Waals surface area contributed by atoms with Gasteiger partial charge in [0.25, 0.3) is 11.8 Å². The van der Waals surface area contributed by atoms with Gasteiger partial charge in [0.2, 0.25) is 10.0 Å². The van der Waals surface area contributed by atoms with Crippen LogP contribution in [0.1, 0.15) is 61.1 Å². The normalized spacial score (nSPS) is 33.3. The van der Waals surface area contributed by atoms with Crippen molar-refractivity contribution >= 4 is 33.3 Å². The molecule has 0 radical (unpaired) electrons. The maximum atomic E-state index is 15.7. The van der Waals surface area contributed by atoms with Gasteiger partial charge in [-0.2, -0.15) is 0 Å². The Balaban J connectivity index is 1.46. The Bertz CT molecular complexity index is 1570. The average molecular weight is 649 g/mol. The summed E-state index contributed by atoms with van der Waals surface area (Å²) in [6.45, 7) is 4.85. The van der Waals surface area contributed by atoms with Crippen LogP contribution in [-0.2, 0) is 31.3 Å². The molecule has 10 nitrogen and oxygen atoms in total. The number of nitrogens with zero attached hydrogens (tertiary/aromatic N) is 3. The summed E-state index contributed by atoms with van der Waals surface area (Å²) < 4.78 is 62.3. The number of aryl methyl sites for hydroxylation is 1. The Kier molecular flexibility index (Phi) is 8.64. The number of benzene rings is 1. The number of sulfonamides is 1. The smallest absolute Gasteiger partial charge is 0.285 e. The van der Waals surface area contributed by atoms with E-state index in [0.29, 0.717) is 43.6 Å². The second-order valence-corrected chi connectivity index (χ2v) is 15.0. The standard InChI is InChI=1S/C31H38ClFN4O6S/c1-18-6-9-24(33)27(41-3)26-21(10-12-42-26)15-37-16-31(11-4-5-20-13-22(32)7-8-23(20)31)17-43-30-28(37)35-25(14-34-30)29(38)36-44(39,40)19(18)2/h7-9,13-14,18-19,21,26-27H,4-6,10-12,15-17H2,1-3H3,(H,36,38)/b24-9-/t18-,19+,21-,26+,27-,31-/m0/s1. The molecule has 2 bridgehead atoms. The highest BCUT2D eigenvalue weighted by Gasteiger charge is 2.45. The molecule has 1 spiro atoms. The SMILES string of the molecule is CO[C@H]1/C(F)=C/C[C@H](C)[C@@H](C)S(=O)(=O)NC(=O)c2cnc3c(n2)N(C[C@@H]2CCO[C@H]21)C[C@@]1(CCCc2cc(Cl)ccc21)CO3. The Hall–Kier alpha value is -2.80. The molecule has 1 aromatic carbocycles. The molecular formula is C31H38ClFN4O6S. The zero-order valence-electron chi connectivity index (χ0n) is 25.1. The van der Waals surface area contributed by atoms with Crippen molar-refractivity contribution in [1.29, 1.82) is 0 Å². The predicted octanol–water partition coefficient (Wildman–Crippen LogP) is 4.36. The third kappa shape index (κ3) is 5.81. The van der Waals surface area contributed by atoms with E-state index in [1.54, 1.807) is 6.92 Å². The van der Waals surface area contributed by atoms with E-state index in [1.165, 1.54) is 26.3 Å². The van der Waals surface area contributed by atoms with Crippen molar-refractivity contribution < 1.29 is 31.8 Å². The van der Waals surface area contributed by atoms with Crippen LogP contribution in [-0.4, -0.2) is 75.2 Å². The summed E-state index contributed by atoms with van der Waals surface area (Å²) in [5.41, 5.74) is 1.73. The number of halogens is 2. The molecule has 44 heavy (non-hydrogen) atoms. The molecule has 6 atom stereocenters. The van der Waals surface area contributed by atoms with Gasteiger partial charge in [0, 0.05) is 43.2 Å². The number of rotatable bonds is 1. The summed E-state index contributed by atoms with van der Waals surface area (Å²) in [6.07, 6.45) is 4.56. The van der Waals surface area contributed by atoms with E-state index >= 15 is 4.39 Å². The van der Waals surface area contributed by atoms with Crippen molar-refractivity contribution in [3.05, 3.63) is 58.1 Å². The van der Waals surface area contributed by atoms with Gasteiger partial charge in [-0.3, -0.25) is 4.79 Å². The summed E-state index contributed by atoms with van der Waals surface area (Å²) in [5.74, 6) is -1.45. The molecule has 1 N–H and O–H groups in total. The fourth-order valence-corrected chi connectivity index (χ4v) is 8.51. The molecule has 238 valence electrons. The minimum absolute atomic E-state index is 0.132. The summed E-state index contributed by atoms with van der Waals surface area (Å²) in [4.78, 5) is 24.4. The highest BCUT2D eigenvalue weighted by Crippen LogP contribution is 2.44. The van der Waals surface area contributed by atoms with Gasteiger partial charge in [-0.05, 0) is 74.3 Å². The third-order valence-electron chi connectivity index (χ3n) is 9.73. The van der Waals surface area contributed by atoms with Gasteiger partial charge >= 0.3 is 0 Å². The average Bonchev–Trinajstić information content (AvgIpc) is 3.39. The lowest BCUT2D eigenvalue weighted by Gasteiger charge is -2.41. The molecule has 4 aliphatic rings. The second-order valence-electron chi connectivity index (χ2n) is 12.5. The van der Waals surface area contributed by atoms with Gasteiger partial charge < -0.3 is 19.1 Å². The van der Waals surface area contributed by atoms with Crippen molar-refractivity contribution in [2.45, 2.75) is 68.8 Å². The van der Waals surface area contributed by atoms with Crippen LogP contribution in [0.2, 0.25) is 5.02 Å². The van der Waals surface area contributed by atoms with Gasteiger partial charge in [-0.15, -0.1) is 0 Å². The maximum absolute atomic E-state index is 15.7. The number of anilines is 1. The number of allylic oxidation sites excluding steroid dienone is 1. The van der Waals surface area contributed by atoms with Crippen molar-refractivity contribution in [2.75, 3.05) is 38.3 Å². The summed E-state index contributed by atoms with van der Waals surface area (Å²) in [5, 5.41) is -0.318. The van der Waals surface area contributed by atoms with E-state index < -0.39 is 50.5 Å². The topological polar surface area (TPSA) is 120 Å². The number of ether oxygens (including phenoxy) is 3. The molecule has 1 aliphatic carbocycles. The minimum Gasteiger partial charge on any atom is -0.474 e. The monoisotopic (exact) mass is 648 g/mol. The third-order valence-corrected chi connectivity index (χ3v) is 11.9. The fourth-order valence-electron chi connectivity index (χ4n) is 7.04. The van der Waals surface area contributed by atoms with Crippen LogP contribution in [0, 0.1) is 11.8 Å². The van der Waals surface area contributed by atoms with E-state index in [2.05, 4.69) is 20.8 Å². The Morgan fingerprint density at radius 1 is 1.27 bits per heavy atom. The number of methoxy groups -OCH3 is 1. The second kappa shape index (κ2) is 12.2. The molecule has 2 aromatic rings. The molecule has 0 saturated carbocycles. The molecular weight excluding hydrogens is 611 g/mol. The van der Waals surface area contributed by atoms with E-state index in [1.807, 2.05) is 17.0 Å². The number of hydrogen-bond acceptors (Lipinski definition) is 9. The van der Waals surface area contributed by atoms with Crippen LogP contribution in [0.15, 0.2) is 36.3 Å². The predicted molar refractivity (Wildman–Crippen MR) is 163 cm³/mol. The van der Waals surface area contributed by atoms with Crippen LogP contribution >= 0.6 is 11.6 Å². The van der Waals surface area contributed by atoms with E-state index in [0.717, 1.165) is 30.4 Å². The molecule has 13 heteroatoms. The number of nitrogens with one attached hydrogen (secondary N) is 1. The molecule has 1 aromatic heterocycles. The molecule has 1 fully saturated rings. The van der Waals surface area contributed by atoms with Crippen LogP contribution in [0.5, 0.6) is 5.88 Å². The maximum Gasteiger partial charge on any atom is 0.285 e. The first kappa shape index (κ1) is 31.2. The Morgan fingerprint density at radius 2 is 2.09 bits per heavy atom. The van der Waals surface area contributed by atoms with Gasteiger partial charge in [0.15, 0.2) is 5.82 Å². The van der Waals surface area contributed by atoms with E-state index in [4.69, 9.17) is 25.8 Å². The Morgan fingerprint density at radius 3 is 2.89 bits per heavy atom. The molecule has 1 amide bonds. The molecule has 3 aliphatic heterocycles. The molecule has 6 rings (SSSR count). The minimum atomic E-state index is -4.12. The highest BCUT2D eigenvalue weighted by molar-refractivity contribution is 7.90. The summed E-state index contributed by atoms with van der Waals surface area (Å²) in [6, 6.07) is 5.95. The zero-order valence-corrected chi connectivity index (χ0v) is 26.7. The van der Waals surface area contributed by atoms with E-state index in [-0.39, 0.29) is 23.9 Å². The van der Waals surface area contributed by atoms with Gasteiger partial charge in [-0.1, -0.05) is 24.6 Å². The van der Waals surface area contributed by atoms with Crippen LogP contribution < -0.4 is 14.4 Å². The zero-order chi connectivity index (χ0) is 31.2. The number of hydrogen-bond donors (Lipinski definition) is 1. The number of amides is 1. The lowest BCUT2D eigenvalue weighted by molar-refractivity contribution is -0.0322. The highest BCUT2D eigenvalue weighted by atomic mass is 35.5. The number of carbonyl (C=O) groups excluding carboxylic acids is 1. The van der Waals surface area contributed by atoms with Crippen LogP contribution in [0.3, 0.4) is 0 Å². The largest absolute Gasteiger partial charge is 0.474 e. The first-order chi connectivity index (χ1) is 21.0.